The van der Waals surface area contributed by atoms with E-state index in [-0.39, 0.29) is 23.7 Å². The lowest BCUT2D eigenvalue weighted by molar-refractivity contribution is -0.115. The fourth-order valence-electron chi connectivity index (χ4n) is 4.93. The number of anilines is 3. The Hall–Kier alpha value is -4.74. The molecule has 0 aliphatic carbocycles. The largest absolute Gasteiger partial charge is 0.465 e. The van der Waals surface area contributed by atoms with Gasteiger partial charge in [-0.2, -0.15) is 0 Å². The molecule has 2 heterocycles. The average Bonchev–Trinajstić information content (AvgIpc) is 3.35. The van der Waals surface area contributed by atoms with Gasteiger partial charge in [0.1, 0.15) is 5.82 Å². The van der Waals surface area contributed by atoms with Crippen LogP contribution in [0.15, 0.2) is 83.9 Å². The zero-order chi connectivity index (χ0) is 27.7. The second kappa shape index (κ2) is 10.2. The van der Waals surface area contributed by atoms with Crippen molar-refractivity contribution in [3.05, 3.63) is 90.1 Å². The van der Waals surface area contributed by atoms with Gasteiger partial charge >= 0.3 is 6.09 Å². The second-order valence-electron chi connectivity index (χ2n) is 9.03. The standard InChI is InChI=1S/C28H25N5O5S/c29-22-10-11-23-18(13-15-33(23)28(35)36)21(22)16-25(34)32-27-26(17-6-2-1-3-7-17)20(12-14-31-27)19-8-4-5-9-24(19)39(30,37)38/h1-12,14H,13,15-16,29H2,(H,35,36)(H2,30,37,38)(H,31,32,34). The van der Waals surface area contributed by atoms with Gasteiger partial charge in [0.2, 0.25) is 15.9 Å². The first-order valence-corrected chi connectivity index (χ1v) is 13.6. The van der Waals surface area contributed by atoms with Gasteiger partial charge in [-0.05, 0) is 52.9 Å². The van der Waals surface area contributed by atoms with Crippen molar-refractivity contribution in [1.29, 1.82) is 0 Å². The van der Waals surface area contributed by atoms with E-state index in [1.165, 1.54) is 17.2 Å². The number of sulfonamides is 1. The first-order valence-electron chi connectivity index (χ1n) is 12.0. The summed E-state index contributed by atoms with van der Waals surface area (Å²) in [6.07, 6.45) is 0.762. The molecule has 198 valence electrons. The van der Waals surface area contributed by atoms with Gasteiger partial charge in [-0.1, -0.05) is 48.5 Å². The topological polar surface area (TPSA) is 169 Å². The summed E-state index contributed by atoms with van der Waals surface area (Å²) in [4.78, 5) is 30.5. The number of fused-ring (bicyclic) bond motifs is 1. The lowest BCUT2D eigenvalue weighted by atomic mass is 9.95. The average molecular weight is 544 g/mol. The predicted octanol–water partition coefficient (Wildman–Crippen LogP) is 3.87. The third kappa shape index (κ3) is 5.05. The summed E-state index contributed by atoms with van der Waals surface area (Å²) in [5, 5.41) is 17.9. The number of hydrogen-bond donors (Lipinski definition) is 4. The smallest absolute Gasteiger partial charge is 0.411 e. The molecule has 0 fully saturated rings. The number of aromatic nitrogens is 1. The Balaban J connectivity index is 1.57. The number of primary sulfonamides is 1. The first kappa shape index (κ1) is 25.9. The van der Waals surface area contributed by atoms with Crippen LogP contribution in [0.2, 0.25) is 0 Å². The number of benzene rings is 3. The van der Waals surface area contributed by atoms with Gasteiger partial charge in [-0.3, -0.25) is 9.69 Å². The number of carboxylic acid groups (broad SMARTS) is 1. The monoisotopic (exact) mass is 543 g/mol. The minimum absolute atomic E-state index is 0.0544. The van der Waals surface area contributed by atoms with Gasteiger partial charge in [-0.15, -0.1) is 0 Å². The lowest BCUT2D eigenvalue weighted by Gasteiger charge is -2.18. The van der Waals surface area contributed by atoms with E-state index >= 15 is 0 Å². The highest BCUT2D eigenvalue weighted by molar-refractivity contribution is 7.89. The van der Waals surface area contributed by atoms with Crippen molar-refractivity contribution < 1.29 is 23.1 Å². The summed E-state index contributed by atoms with van der Waals surface area (Å²) >= 11 is 0. The number of amides is 2. The maximum atomic E-state index is 13.4. The Morgan fingerprint density at radius 3 is 2.41 bits per heavy atom. The zero-order valence-corrected chi connectivity index (χ0v) is 21.5. The molecular weight excluding hydrogens is 518 g/mol. The molecule has 5 rings (SSSR count). The van der Waals surface area contributed by atoms with Crippen LogP contribution < -0.4 is 21.1 Å². The third-order valence-corrected chi connectivity index (χ3v) is 7.61. The highest BCUT2D eigenvalue weighted by Crippen LogP contribution is 2.39. The first-order chi connectivity index (χ1) is 18.6. The van der Waals surface area contributed by atoms with Crippen molar-refractivity contribution in [3.8, 4) is 22.3 Å². The molecule has 10 nitrogen and oxygen atoms in total. The molecule has 11 heteroatoms. The van der Waals surface area contributed by atoms with Gasteiger partial charge in [0.25, 0.3) is 0 Å². The van der Waals surface area contributed by atoms with Crippen LogP contribution in [0.5, 0.6) is 0 Å². The quantitative estimate of drug-likeness (QED) is 0.268. The molecule has 3 aromatic carbocycles. The summed E-state index contributed by atoms with van der Waals surface area (Å²) in [7, 11) is -4.05. The molecule has 39 heavy (non-hydrogen) atoms. The molecule has 0 spiro atoms. The molecule has 0 saturated carbocycles. The molecule has 0 atom stereocenters. The predicted molar refractivity (Wildman–Crippen MR) is 149 cm³/mol. The van der Waals surface area contributed by atoms with Gasteiger partial charge in [0.05, 0.1) is 17.0 Å². The molecule has 4 aromatic rings. The Labute approximate surface area is 225 Å². The van der Waals surface area contributed by atoms with Crippen LogP contribution in [0.4, 0.5) is 22.0 Å². The molecular formula is C28H25N5O5S. The summed E-state index contributed by atoms with van der Waals surface area (Å²) in [5.74, 6) is -0.184. The number of nitrogens with zero attached hydrogens (tertiary/aromatic N) is 2. The summed E-state index contributed by atoms with van der Waals surface area (Å²) < 4.78 is 24.7. The SMILES string of the molecule is Nc1ccc2c(c1CC(=O)Nc1nccc(-c3ccccc3S(N)(=O)=O)c1-c1ccccc1)CCN2C(=O)O. The van der Waals surface area contributed by atoms with Crippen LogP contribution in [0, 0.1) is 0 Å². The van der Waals surface area contributed by atoms with E-state index in [2.05, 4.69) is 10.3 Å². The van der Waals surface area contributed by atoms with Crippen molar-refractivity contribution >= 4 is 39.2 Å². The highest BCUT2D eigenvalue weighted by atomic mass is 32.2. The molecule has 6 N–H and O–H groups in total. The van der Waals surface area contributed by atoms with E-state index in [1.807, 2.05) is 30.3 Å². The molecule has 0 saturated heterocycles. The van der Waals surface area contributed by atoms with Crippen LogP contribution >= 0.6 is 0 Å². The Kier molecular flexibility index (Phi) is 6.77. The Morgan fingerprint density at radius 2 is 1.69 bits per heavy atom. The fourth-order valence-corrected chi connectivity index (χ4v) is 5.69. The number of nitrogens with two attached hydrogens (primary N) is 2. The van der Waals surface area contributed by atoms with E-state index in [1.54, 1.807) is 36.4 Å². The summed E-state index contributed by atoms with van der Waals surface area (Å²) in [5.41, 5.74) is 10.5. The molecule has 2 amide bonds. The van der Waals surface area contributed by atoms with Crippen LogP contribution in [-0.2, 0) is 27.7 Å². The van der Waals surface area contributed by atoms with E-state index in [0.717, 1.165) is 5.56 Å². The van der Waals surface area contributed by atoms with Gasteiger partial charge in [0, 0.05) is 29.6 Å². The fraction of sp³-hybridized carbons (Fsp3) is 0.107. The van der Waals surface area contributed by atoms with Crippen molar-refractivity contribution in [2.75, 3.05) is 22.5 Å². The number of hydrogen-bond acceptors (Lipinski definition) is 6. The van der Waals surface area contributed by atoms with E-state index in [4.69, 9.17) is 10.9 Å². The second-order valence-corrected chi connectivity index (χ2v) is 10.6. The normalized spacial score (nSPS) is 12.7. The maximum absolute atomic E-state index is 13.4. The molecule has 0 radical (unpaired) electrons. The van der Waals surface area contributed by atoms with Crippen LogP contribution in [0.25, 0.3) is 22.3 Å². The molecule has 0 bridgehead atoms. The summed E-state index contributed by atoms with van der Waals surface area (Å²) in [6, 6.07) is 20.4. The van der Waals surface area contributed by atoms with Gasteiger partial charge in [0.15, 0.2) is 0 Å². The minimum Gasteiger partial charge on any atom is -0.465 e. The molecule has 1 aliphatic rings. The lowest BCUT2D eigenvalue weighted by Crippen LogP contribution is -2.26. The molecule has 1 aliphatic heterocycles. The number of pyridine rings is 1. The van der Waals surface area contributed by atoms with Crippen molar-refractivity contribution in [2.45, 2.75) is 17.7 Å². The van der Waals surface area contributed by atoms with Crippen molar-refractivity contribution in [3.63, 3.8) is 0 Å². The van der Waals surface area contributed by atoms with Crippen molar-refractivity contribution in [2.24, 2.45) is 5.14 Å². The van der Waals surface area contributed by atoms with Crippen molar-refractivity contribution in [1.82, 2.24) is 4.98 Å². The number of carbonyl (C=O) groups excluding carboxylic acids is 1. The number of nitrogen functional groups attached to an aromatic ring is 1. The highest BCUT2D eigenvalue weighted by Gasteiger charge is 2.28. The van der Waals surface area contributed by atoms with E-state index < -0.39 is 22.0 Å². The minimum atomic E-state index is -4.05. The zero-order valence-electron chi connectivity index (χ0n) is 20.7. The number of carbonyl (C=O) groups is 2. The number of nitrogens with one attached hydrogen (secondary N) is 1. The van der Waals surface area contributed by atoms with Crippen LogP contribution in [-0.4, -0.2) is 37.1 Å². The third-order valence-electron chi connectivity index (χ3n) is 6.64. The van der Waals surface area contributed by atoms with E-state index in [0.29, 0.717) is 45.6 Å². The Morgan fingerprint density at radius 1 is 0.974 bits per heavy atom. The Bertz CT molecular complexity index is 1710. The van der Waals surface area contributed by atoms with Gasteiger partial charge < -0.3 is 16.2 Å². The van der Waals surface area contributed by atoms with Crippen LogP contribution in [0.1, 0.15) is 11.1 Å². The molecule has 1 aromatic heterocycles. The maximum Gasteiger partial charge on any atom is 0.411 e. The van der Waals surface area contributed by atoms with Crippen LogP contribution in [0.3, 0.4) is 0 Å². The van der Waals surface area contributed by atoms with Gasteiger partial charge in [-0.25, -0.2) is 23.3 Å². The van der Waals surface area contributed by atoms with E-state index in [9.17, 15) is 23.1 Å². The summed E-state index contributed by atoms with van der Waals surface area (Å²) in [6.45, 7) is 0.286. The number of rotatable bonds is 6. The molecule has 0 unspecified atom stereocenters.